The smallest absolute Gasteiger partial charge is 0.214 e. The normalized spacial score (nSPS) is 15.1. The van der Waals surface area contributed by atoms with Crippen LogP contribution in [0.25, 0.3) is 0 Å². The predicted molar refractivity (Wildman–Crippen MR) is 73.0 cm³/mol. The fourth-order valence-electron chi connectivity index (χ4n) is 2.00. The minimum atomic E-state index is 0.697. The van der Waals surface area contributed by atoms with E-state index in [4.69, 9.17) is 0 Å². The number of hydrogen-bond acceptors (Lipinski definition) is 5. The maximum atomic E-state index is 4.50. The minimum absolute atomic E-state index is 0.697. The van der Waals surface area contributed by atoms with Crippen LogP contribution in [0.3, 0.4) is 0 Å². The topological polar surface area (TPSA) is 71.4 Å². The van der Waals surface area contributed by atoms with E-state index in [0.29, 0.717) is 6.04 Å². The summed E-state index contributed by atoms with van der Waals surface area (Å²) >= 11 is 1.56. The number of aromatic nitrogens is 5. The molecule has 0 aliphatic heterocycles. The van der Waals surface area contributed by atoms with Crippen LogP contribution < -0.4 is 5.32 Å². The first-order chi connectivity index (χ1) is 9.13. The molecule has 0 aromatic carbocycles. The predicted octanol–water partition coefficient (Wildman–Crippen LogP) is 1.56. The molecule has 2 aromatic rings. The van der Waals surface area contributed by atoms with Crippen molar-refractivity contribution in [3.63, 3.8) is 0 Å². The summed E-state index contributed by atoms with van der Waals surface area (Å²) in [5, 5.41) is 16.9. The number of hydrogen-bond donors (Lipinski definition) is 2. The Hall–Kier alpha value is -1.34. The van der Waals surface area contributed by atoms with Gasteiger partial charge >= 0.3 is 0 Å². The number of H-pyrrole nitrogens is 1. The average Bonchev–Trinajstić information content (AvgIpc) is 3.04. The van der Waals surface area contributed by atoms with E-state index in [1.54, 1.807) is 11.8 Å². The molecule has 0 unspecified atom stereocenters. The van der Waals surface area contributed by atoms with Crippen molar-refractivity contribution < 1.29 is 0 Å². The van der Waals surface area contributed by atoms with Crippen molar-refractivity contribution in [3.8, 4) is 0 Å². The molecule has 1 saturated carbocycles. The monoisotopic (exact) mass is 278 g/mol. The molecule has 7 heteroatoms. The average molecular weight is 278 g/mol. The first-order valence-corrected chi connectivity index (χ1v) is 7.28. The van der Waals surface area contributed by atoms with Gasteiger partial charge in [-0.05, 0) is 38.5 Å². The number of aryl methyl sites for hydroxylation is 3. The molecule has 0 atom stereocenters. The lowest BCUT2D eigenvalue weighted by Crippen LogP contribution is -2.16. The molecule has 1 aliphatic carbocycles. The van der Waals surface area contributed by atoms with E-state index in [0.717, 1.165) is 28.2 Å². The molecule has 2 N–H and O–H groups in total. The van der Waals surface area contributed by atoms with Crippen molar-refractivity contribution in [1.29, 1.82) is 0 Å². The summed E-state index contributed by atoms with van der Waals surface area (Å²) in [6, 6.07) is 0.697. The van der Waals surface area contributed by atoms with Crippen LogP contribution in [0.2, 0.25) is 0 Å². The molecule has 1 aliphatic rings. The van der Waals surface area contributed by atoms with Gasteiger partial charge < -0.3 is 5.32 Å². The van der Waals surface area contributed by atoms with Crippen LogP contribution in [0.4, 0.5) is 0 Å². The Morgan fingerprint density at radius 2 is 2.21 bits per heavy atom. The van der Waals surface area contributed by atoms with Crippen LogP contribution in [-0.2, 0) is 13.6 Å². The Kier molecular flexibility index (Phi) is 3.32. The van der Waals surface area contributed by atoms with Crippen molar-refractivity contribution in [2.45, 2.75) is 49.5 Å². The fraction of sp³-hybridized carbons (Fsp3) is 0.583. The Bertz CT molecular complexity index is 583. The van der Waals surface area contributed by atoms with Gasteiger partial charge in [0.25, 0.3) is 0 Å². The SMILES string of the molecule is Cc1nc(Sc2c(CNC3CC3)c(C)nn2C)n[nH]1. The molecular formula is C12H18N6S. The molecule has 102 valence electrons. The van der Waals surface area contributed by atoms with Crippen LogP contribution in [0.5, 0.6) is 0 Å². The summed E-state index contributed by atoms with van der Waals surface area (Å²) in [6.07, 6.45) is 2.59. The second kappa shape index (κ2) is 4.97. The van der Waals surface area contributed by atoms with Crippen molar-refractivity contribution in [2.75, 3.05) is 0 Å². The highest BCUT2D eigenvalue weighted by Gasteiger charge is 2.23. The van der Waals surface area contributed by atoms with Crippen molar-refractivity contribution in [2.24, 2.45) is 7.05 Å². The van der Waals surface area contributed by atoms with Gasteiger partial charge in [0, 0.05) is 25.2 Å². The zero-order valence-electron chi connectivity index (χ0n) is 11.4. The summed E-state index contributed by atoms with van der Waals surface area (Å²) in [5.41, 5.74) is 2.33. The first kappa shape index (κ1) is 12.7. The van der Waals surface area contributed by atoms with E-state index in [2.05, 4.69) is 32.5 Å². The molecular weight excluding hydrogens is 260 g/mol. The molecule has 1 fully saturated rings. The summed E-state index contributed by atoms with van der Waals surface area (Å²) < 4.78 is 1.91. The van der Waals surface area contributed by atoms with Gasteiger partial charge in [-0.2, -0.15) is 5.10 Å². The number of aromatic amines is 1. The number of rotatable bonds is 5. The molecule has 6 nitrogen and oxygen atoms in total. The van der Waals surface area contributed by atoms with Gasteiger partial charge in [-0.15, -0.1) is 5.10 Å². The quantitative estimate of drug-likeness (QED) is 0.868. The van der Waals surface area contributed by atoms with E-state index in [1.165, 1.54) is 18.4 Å². The summed E-state index contributed by atoms with van der Waals surface area (Å²) in [4.78, 5) is 4.34. The number of nitrogens with one attached hydrogen (secondary N) is 2. The van der Waals surface area contributed by atoms with E-state index in [9.17, 15) is 0 Å². The van der Waals surface area contributed by atoms with Gasteiger partial charge in [0.2, 0.25) is 5.16 Å². The van der Waals surface area contributed by atoms with Crippen molar-refractivity contribution in [1.82, 2.24) is 30.3 Å². The lowest BCUT2D eigenvalue weighted by Gasteiger charge is -2.05. The van der Waals surface area contributed by atoms with E-state index in [-0.39, 0.29) is 0 Å². The highest BCUT2D eigenvalue weighted by Crippen LogP contribution is 2.30. The molecule has 0 radical (unpaired) electrons. The fourth-order valence-corrected chi connectivity index (χ4v) is 2.96. The zero-order chi connectivity index (χ0) is 13.4. The summed E-state index contributed by atoms with van der Waals surface area (Å²) in [5.74, 6) is 0.832. The van der Waals surface area contributed by atoms with Gasteiger partial charge in [0.1, 0.15) is 10.9 Å². The maximum Gasteiger partial charge on any atom is 0.214 e. The highest BCUT2D eigenvalue weighted by molar-refractivity contribution is 7.99. The van der Waals surface area contributed by atoms with Crippen LogP contribution in [0.1, 0.15) is 29.9 Å². The standard InChI is InChI=1S/C12H18N6S/c1-7-10(6-13-9-4-5-9)11(18(3)17-7)19-12-14-8(2)15-16-12/h9,13H,4-6H2,1-3H3,(H,14,15,16). The molecule has 2 aromatic heterocycles. The van der Waals surface area contributed by atoms with Crippen molar-refractivity contribution >= 4 is 11.8 Å². The number of nitrogens with zero attached hydrogens (tertiary/aromatic N) is 4. The zero-order valence-corrected chi connectivity index (χ0v) is 12.2. The summed E-state index contributed by atoms with van der Waals surface area (Å²) in [6.45, 7) is 4.83. The highest BCUT2D eigenvalue weighted by atomic mass is 32.2. The molecule has 3 rings (SSSR count). The van der Waals surface area contributed by atoms with Crippen LogP contribution in [-0.4, -0.2) is 31.0 Å². The molecule has 0 bridgehead atoms. The van der Waals surface area contributed by atoms with Crippen LogP contribution >= 0.6 is 11.8 Å². The van der Waals surface area contributed by atoms with Crippen LogP contribution in [0, 0.1) is 13.8 Å². The largest absolute Gasteiger partial charge is 0.310 e. The van der Waals surface area contributed by atoms with E-state index >= 15 is 0 Å². The van der Waals surface area contributed by atoms with Gasteiger partial charge in [-0.1, -0.05) is 0 Å². The van der Waals surface area contributed by atoms with Gasteiger partial charge in [0.05, 0.1) is 5.69 Å². The first-order valence-electron chi connectivity index (χ1n) is 6.46. The lowest BCUT2D eigenvalue weighted by molar-refractivity contribution is 0.657. The molecule has 0 amide bonds. The molecule has 0 spiro atoms. The Balaban J connectivity index is 1.81. The molecule has 2 heterocycles. The van der Waals surface area contributed by atoms with Crippen molar-refractivity contribution in [3.05, 3.63) is 17.1 Å². The molecule has 0 saturated heterocycles. The van der Waals surface area contributed by atoms with E-state index < -0.39 is 0 Å². The third-order valence-electron chi connectivity index (χ3n) is 3.20. The third-order valence-corrected chi connectivity index (χ3v) is 4.27. The van der Waals surface area contributed by atoms with Gasteiger partial charge in [-0.3, -0.25) is 9.78 Å². The third kappa shape index (κ3) is 2.82. The second-order valence-electron chi connectivity index (χ2n) is 4.95. The Morgan fingerprint density at radius 3 is 2.84 bits per heavy atom. The van der Waals surface area contributed by atoms with Crippen LogP contribution in [0.15, 0.2) is 10.2 Å². The Morgan fingerprint density at radius 1 is 1.42 bits per heavy atom. The van der Waals surface area contributed by atoms with Gasteiger partial charge in [0.15, 0.2) is 0 Å². The lowest BCUT2D eigenvalue weighted by atomic mass is 10.2. The minimum Gasteiger partial charge on any atom is -0.310 e. The van der Waals surface area contributed by atoms with Gasteiger partial charge in [-0.25, -0.2) is 4.98 Å². The van der Waals surface area contributed by atoms with E-state index in [1.807, 2.05) is 18.7 Å². The second-order valence-corrected chi connectivity index (χ2v) is 5.91. The Labute approximate surface area is 116 Å². The maximum absolute atomic E-state index is 4.50. The molecule has 19 heavy (non-hydrogen) atoms. The summed E-state index contributed by atoms with van der Waals surface area (Å²) in [7, 11) is 1.97.